The average molecular weight is 269 g/mol. The molecule has 2 amide bonds. The first-order valence-electron chi connectivity index (χ1n) is 7.00. The molecule has 0 aromatic carbocycles. The predicted octanol–water partition coefficient (Wildman–Crippen LogP) is -0.697. The summed E-state index contributed by atoms with van der Waals surface area (Å²) in [7, 11) is 1.67. The Kier molecular flexibility index (Phi) is 5.15. The minimum atomic E-state index is -0.347. The van der Waals surface area contributed by atoms with Gasteiger partial charge in [0.15, 0.2) is 0 Å². The van der Waals surface area contributed by atoms with Crippen molar-refractivity contribution in [2.75, 3.05) is 53.0 Å². The normalized spacial score (nSPS) is 24.4. The van der Waals surface area contributed by atoms with Crippen LogP contribution in [0.15, 0.2) is 0 Å². The molecule has 0 bridgehead atoms. The zero-order chi connectivity index (χ0) is 13.7. The summed E-state index contributed by atoms with van der Waals surface area (Å²) in [6, 6.07) is 0. The van der Waals surface area contributed by atoms with Crippen molar-refractivity contribution in [3.05, 3.63) is 0 Å². The molecular formula is C13H23N3O3. The lowest BCUT2D eigenvalue weighted by Gasteiger charge is -2.23. The maximum Gasteiger partial charge on any atom is 0.312 e. The third-order valence-corrected chi connectivity index (χ3v) is 3.79. The van der Waals surface area contributed by atoms with Gasteiger partial charge in [-0.2, -0.15) is 0 Å². The van der Waals surface area contributed by atoms with Gasteiger partial charge in [0.05, 0.1) is 6.61 Å². The molecule has 0 saturated carbocycles. The summed E-state index contributed by atoms with van der Waals surface area (Å²) < 4.78 is 5.11. The fraction of sp³-hybridized carbons (Fsp3) is 0.846. The van der Waals surface area contributed by atoms with E-state index in [1.54, 1.807) is 16.9 Å². The summed E-state index contributed by atoms with van der Waals surface area (Å²) in [6.45, 7) is 4.95. The van der Waals surface area contributed by atoms with Crippen LogP contribution >= 0.6 is 0 Å². The van der Waals surface area contributed by atoms with Crippen molar-refractivity contribution in [1.29, 1.82) is 0 Å². The van der Waals surface area contributed by atoms with Gasteiger partial charge >= 0.3 is 11.8 Å². The molecule has 6 nitrogen and oxygen atoms in total. The molecule has 2 heterocycles. The van der Waals surface area contributed by atoms with Crippen LogP contribution in [-0.2, 0) is 14.3 Å². The number of hydrogen-bond acceptors (Lipinski definition) is 4. The van der Waals surface area contributed by atoms with Crippen molar-refractivity contribution in [2.24, 2.45) is 5.92 Å². The summed E-state index contributed by atoms with van der Waals surface area (Å²) in [5, 5.41) is 3.23. The molecule has 2 aliphatic heterocycles. The highest BCUT2D eigenvalue weighted by Crippen LogP contribution is 2.17. The van der Waals surface area contributed by atoms with E-state index in [-0.39, 0.29) is 11.8 Å². The highest BCUT2D eigenvalue weighted by Gasteiger charge is 2.32. The number of carbonyl (C=O) groups is 2. The fourth-order valence-corrected chi connectivity index (χ4v) is 2.71. The summed E-state index contributed by atoms with van der Waals surface area (Å²) in [5.74, 6) is -0.324. The van der Waals surface area contributed by atoms with Crippen LogP contribution in [0.4, 0.5) is 0 Å². The highest BCUT2D eigenvalue weighted by atomic mass is 16.5. The maximum absolute atomic E-state index is 12.2. The molecule has 0 aromatic rings. The van der Waals surface area contributed by atoms with E-state index in [4.69, 9.17) is 4.74 Å². The number of methoxy groups -OCH3 is 1. The van der Waals surface area contributed by atoms with Gasteiger partial charge in [0.25, 0.3) is 0 Å². The van der Waals surface area contributed by atoms with E-state index < -0.39 is 0 Å². The van der Waals surface area contributed by atoms with Gasteiger partial charge in [-0.05, 0) is 19.4 Å². The maximum atomic E-state index is 12.2. The average Bonchev–Trinajstić information content (AvgIpc) is 2.72. The molecule has 0 aromatic heterocycles. The van der Waals surface area contributed by atoms with Crippen molar-refractivity contribution in [3.63, 3.8) is 0 Å². The first-order chi connectivity index (χ1) is 9.22. The summed E-state index contributed by atoms with van der Waals surface area (Å²) in [6.07, 6.45) is 1.83. The van der Waals surface area contributed by atoms with Crippen LogP contribution in [0.5, 0.6) is 0 Å². The zero-order valence-corrected chi connectivity index (χ0v) is 11.6. The number of ether oxygens (including phenoxy) is 1. The van der Waals surface area contributed by atoms with Gasteiger partial charge in [0.2, 0.25) is 0 Å². The SMILES string of the molecule is COCC1CCN(C(=O)C(=O)N2CCCNCC2)C1. The lowest BCUT2D eigenvalue weighted by atomic mass is 10.1. The minimum Gasteiger partial charge on any atom is -0.384 e. The molecule has 1 N–H and O–H groups in total. The summed E-state index contributed by atoms with van der Waals surface area (Å²) >= 11 is 0. The Morgan fingerprint density at radius 1 is 1.16 bits per heavy atom. The van der Waals surface area contributed by atoms with Crippen LogP contribution in [0.1, 0.15) is 12.8 Å². The van der Waals surface area contributed by atoms with Gasteiger partial charge in [0.1, 0.15) is 0 Å². The molecule has 6 heteroatoms. The second-order valence-corrected chi connectivity index (χ2v) is 5.26. The lowest BCUT2D eigenvalue weighted by molar-refractivity contribution is -0.151. The van der Waals surface area contributed by atoms with E-state index in [1.807, 2.05) is 0 Å². The van der Waals surface area contributed by atoms with E-state index in [9.17, 15) is 9.59 Å². The molecule has 0 spiro atoms. The highest BCUT2D eigenvalue weighted by molar-refractivity contribution is 6.34. The summed E-state index contributed by atoms with van der Waals surface area (Å²) in [5.41, 5.74) is 0. The molecule has 2 aliphatic rings. The van der Waals surface area contributed by atoms with Crippen molar-refractivity contribution in [3.8, 4) is 0 Å². The van der Waals surface area contributed by atoms with Crippen LogP contribution in [0.3, 0.4) is 0 Å². The zero-order valence-electron chi connectivity index (χ0n) is 11.6. The van der Waals surface area contributed by atoms with Crippen LogP contribution in [0, 0.1) is 5.92 Å². The van der Waals surface area contributed by atoms with Crippen molar-refractivity contribution < 1.29 is 14.3 Å². The molecule has 0 aliphatic carbocycles. The topological polar surface area (TPSA) is 61.9 Å². The quantitative estimate of drug-likeness (QED) is 0.674. The van der Waals surface area contributed by atoms with Crippen LogP contribution in [-0.4, -0.2) is 74.6 Å². The van der Waals surface area contributed by atoms with Gasteiger partial charge in [-0.1, -0.05) is 0 Å². The van der Waals surface area contributed by atoms with E-state index in [0.717, 1.165) is 25.9 Å². The van der Waals surface area contributed by atoms with Gasteiger partial charge in [-0.3, -0.25) is 9.59 Å². The predicted molar refractivity (Wildman–Crippen MR) is 70.6 cm³/mol. The first kappa shape index (κ1) is 14.3. The lowest BCUT2D eigenvalue weighted by Crippen LogP contribution is -2.45. The molecule has 2 fully saturated rings. The Bertz CT molecular complexity index is 327. The third-order valence-electron chi connectivity index (χ3n) is 3.79. The second-order valence-electron chi connectivity index (χ2n) is 5.26. The fourth-order valence-electron chi connectivity index (χ4n) is 2.71. The molecule has 1 unspecified atom stereocenters. The van der Waals surface area contributed by atoms with Gasteiger partial charge in [-0.25, -0.2) is 0 Å². The number of amides is 2. The van der Waals surface area contributed by atoms with Crippen LogP contribution in [0.25, 0.3) is 0 Å². The number of likely N-dealkylation sites (tertiary alicyclic amines) is 1. The van der Waals surface area contributed by atoms with E-state index >= 15 is 0 Å². The molecular weight excluding hydrogens is 246 g/mol. The van der Waals surface area contributed by atoms with Crippen molar-refractivity contribution in [2.45, 2.75) is 12.8 Å². The number of carbonyl (C=O) groups excluding carboxylic acids is 2. The number of nitrogens with zero attached hydrogens (tertiary/aromatic N) is 2. The molecule has 2 saturated heterocycles. The standard InChI is InChI=1S/C13H23N3O3/c1-19-10-11-3-7-16(9-11)13(18)12(17)15-6-2-4-14-5-8-15/h11,14H,2-10H2,1H3. The van der Waals surface area contributed by atoms with Crippen LogP contribution < -0.4 is 5.32 Å². The Morgan fingerprint density at radius 2 is 1.95 bits per heavy atom. The number of hydrogen-bond donors (Lipinski definition) is 1. The van der Waals surface area contributed by atoms with Gasteiger partial charge in [-0.15, -0.1) is 0 Å². The van der Waals surface area contributed by atoms with E-state index in [2.05, 4.69) is 5.32 Å². The Hall–Kier alpha value is -1.14. The van der Waals surface area contributed by atoms with Crippen molar-refractivity contribution >= 4 is 11.8 Å². The second kappa shape index (κ2) is 6.86. The molecule has 0 radical (unpaired) electrons. The van der Waals surface area contributed by atoms with Gasteiger partial charge in [0, 0.05) is 45.8 Å². The van der Waals surface area contributed by atoms with Crippen LogP contribution in [0.2, 0.25) is 0 Å². The molecule has 1 atom stereocenters. The monoisotopic (exact) mass is 269 g/mol. The first-order valence-corrected chi connectivity index (χ1v) is 7.00. The molecule has 2 rings (SSSR count). The molecule has 108 valence electrons. The number of rotatable bonds is 2. The van der Waals surface area contributed by atoms with E-state index in [0.29, 0.717) is 38.7 Å². The minimum absolute atomic E-state index is 0.346. The van der Waals surface area contributed by atoms with E-state index in [1.165, 1.54) is 0 Å². The third kappa shape index (κ3) is 3.67. The Morgan fingerprint density at radius 3 is 2.74 bits per heavy atom. The van der Waals surface area contributed by atoms with Crippen molar-refractivity contribution in [1.82, 2.24) is 15.1 Å². The largest absolute Gasteiger partial charge is 0.384 e. The Balaban J connectivity index is 1.86. The van der Waals surface area contributed by atoms with Gasteiger partial charge < -0.3 is 19.9 Å². The summed E-state index contributed by atoms with van der Waals surface area (Å²) in [4.78, 5) is 27.7. The smallest absolute Gasteiger partial charge is 0.312 e. The molecule has 19 heavy (non-hydrogen) atoms. The Labute approximate surface area is 114 Å². The number of nitrogens with one attached hydrogen (secondary N) is 1.